The van der Waals surface area contributed by atoms with Crippen LogP contribution < -0.4 is 11.1 Å². The molecule has 4 N–H and O–H groups in total. The second kappa shape index (κ2) is 5.92. The number of nitrogens with one attached hydrogen (secondary N) is 1. The number of nitrogens with two attached hydrogens (primary N) is 1. The van der Waals surface area contributed by atoms with Crippen molar-refractivity contribution in [3.05, 3.63) is 22.7 Å². The van der Waals surface area contributed by atoms with Crippen molar-refractivity contribution in [3.63, 3.8) is 0 Å². The second-order valence-corrected chi connectivity index (χ2v) is 6.14. The van der Waals surface area contributed by atoms with Gasteiger partial charge in [-0.05, 0) is 40.9 Å². The van der Waals surface area contributed by atoms with Crippen LogP contribution in [0.3, 0.4) is 0 Å². The summed E-state index contributed by atoms with van der Waals surface area (Å²) in [6.45, 7) is 0. The van der Waals surface area contributed by atoms with Crippen molar-refractivity contribution < 1.29 is 9.90 Å². The van der Waals surface area contributed by atoms with Crippen molar-refractivity contribution in [2.24, 2.45) is 5.73 Å². The van der Waals surface area contributed by atoms with Gasteiger partial charge in [0.05, 0.1) is 10.2 Å². The summed E-state index contributed by atoms with van der Waals surface area (Å²) in [5.74, 6) is -0.0941. The molecule has 19 heavy (non-hydrogen) atoms. The van der Waals surface area contributed by atoms with Gasteiger partial charge in [-0.2, -0.15) is 0 Å². The van der Waals surface area contributed by atoms with Crippen LogP contribution >= 0.6 is 15.9 Å². The summed E-state index contributed by atoms with van der Waals surface area (Å²) in [5, 5.41) is 12.5. The summed E-state index contributed by atoms with van der Waals surface area (Å²) in [7, 11) is 0. The lowest BCUT2D eigenvalue weighted by molar-refractivity contribution is -0.117. The topological polar surface area (TPSA) is 75.4 Å². The highest BCUT2D eigenvalue weighted by molar-refractivity contribution is 9.10. The number of carbonyl (C=O) groups is 1. The lowest BCUT2D eigenvalue weighted by Crippen LogP contribution is -2.44. The van der Waals surface area contributed by atoms with Gasteiger partial charge < -0.3 is 16.2 Å². The Balaban J connectivity index is 1.99. The van der Waals surface area contributed by atoms with E-state index in [-0.39, 0.29) is 17.2 Å². The second-order valence-electron chi connectivity index (χ2n) is 5.28. The molecule has 1 amide bonds. The van der Waals surface area contributed by atoms with Gasteiger partial charge in [0, 0.05) is 12.0 Å². The Morgan fingerprint density at radius 1 is 1.37 bits per heavy atom. The van der Waals surface area contributed by atoms with Gasteiger partial charge in [-0.25, -0.2) is 0 Å². The van der Waals surface area contributed by atoms with E-state index in [1.54, 1.807) is 18.2 Å². The fourth-order valence-corrected chi connectivity index (χ4v) is 2.93. The maximum atomic E-state index is 12.0. The van der Waals surface area contributed by atoms with Gasteiger partial charge in [-0.3, -0.25) is 4.79 Å². The first kappa shape index (κ1) is 14.3. The summed E-state index contributed by atoms with van der Waals surface area (Å²) in [4.78, 5) is 12.0. The first-order chi connectivity index (χ1) is 9.00. The smallest absolute Gasteiger partial charge is 0.226 e. The molecule has 0 aliphatic heterocycles. The van der Waals surface area contributed by atoms with Gasteiger partial charge in [-0.1, -0.05) is 25.3 Å². The fourth-order valence-electron chi connectivity index (χ4n) is 2.56. The van der Waals surface area contributed by atoms with Crippen molar-refractivity contribution in [1.29, 1.82) is 0 Å². The third-order valence-electron chi connectivity index (χ3n) is 3.62. The quantitative estimate of drug-likeness (QED) is 0.747. The SMILES string of the molecule is NC1(CC(=O)Nc2cccc(Br)c2O)CCCCC1. The van der Waals surface area contributed by atoms with E-state index in [2.05, 4.69) is 21.2 Å². The maximum absolute atomic E-state index is 12.0. The Bertz CT molecular complexity index is 471. The lowest BCUT2D eigenvalue weighted by Gasteiger charge is -2.32. The van der Waals surface area contributed by atoms with Gasteiger partial charge in [0.1, 0.15) is 0 Å². The molecule has 1 saturated carbocycles. The Hall–Kier alpha value is -1.07. The zero-order valence-corrected chi connectivity index (χ0v) is 12.4. The normalized spacial score (nSPS) is 18.0. The van der Waals surface area contributed by atoms with E-state index in [1.165, 1.54) is 6.42 Å². The summed E-state index contributed by atoms with van der Waals surface area (Å²) >= 11 is 3.22. The molecule has 1 aromatic carbocycles. The molecule has 0 saturated heterocycles. The van der Waals surface area contributed by atoms with Crippen molar-refractivity contribution >= 4 is 27.5 Å². The minimum atomic E-state index is -0.385. The van der Waals surface area contributed by atoms with Gasteiger partial charge in [0.2, 0.25) is 5.91 Å². The lowest BCUT2D eigenvalue weighted by atomic mass is 9.80. The minimum Gasteiger partial charge on any atom is -0.505 e. The van der Waals surface area contributed by atoms with E-state index < -0.39 is 0 Å². The molecule has 0 unspecified atom stereocenters. The number of phenols is 1. The highest BCUT2D eigenvalue weighted by Crippen LogP contribution is 2.33. The Labute approximate surface area is 121 Å². The van der Waals surface area contributed by atoms with Crippen LogP contribution in [0.15, 0.2) is 22.7 Å². The Morgan fingerprint density at radius 2 is 2.05 bits per heavy atom. The monoisotopic (exact) mass is 326 g/mol. The van der Waals surface area contributed by atoms with Crippen LogP contribution in [-0.4, -0.2) is 16.6 Å². The Kier molecular flexibility index (Phi) is 4.47. The number of anilines is 1. The zero-order valence-electron chi connectivity index (χ0n) is 10.8. The predicted octanol–water partition coefficient (Wildman–Crippen LogP) is 3.14. The van der Waals surface area contributed by atoms with Crippen LogP contribution in [0.25, 0.3) is 0 Å². The van der Waals surface area contributed by atoms with Crippen LogP contribution in [-0.2, 0) is 4.79 Å². The van der Waals surface area contributed by atoms with Crippen LogP contribution in [0.2, 0.25) is 0 Å². The molecule has 0 aromatic heterocycles. The van der Waals surface area contributed by atoms with Gasteiger partial charge in [-0.15, -0.1) is 0 Å². The molecule has 0 atom stereocenters. The highest BCUT2D eigenvalue weighted by Gasteiger charge is 2.30. The van der Waals surface area contributed by atoms with E-state index in [1.807, 2.05) is 0 Å². The number of aromatic hydroxyl groups is 1. The van der Waals surface area contributed by atoms with E-state index in [9.17, 15) is 9.90 Å². The molecule has 4 nitrogen and oxygen atoms in total. The number of amides is 1. The molecule has 0 bridgehead atoms. The average molecular weight is 327 g/mol. The van der Waals surface area contributed by atoms with E-state index in [4.69, 9.17) is 5.73 Å². The molecule has 1 aliphatic rings. The Morgan fingerprint density at radius 3 is 2.74 bits per heavy atom. The molecular formula is C14H19BrN2O2. The number of benzene rings is 1. The molecule has 0 radical (unpaired) electrons. The third kappa shape index (κ3) is 3.70. The number of carbonyl (C=O) groups excluding carboxylic acids is 1. The minimum absolute atomic E-state index is 0.0468. The average Bonchev–Trinajstić information content (AvgIpc) is 2.35. The van der Waals surface area contributed by atoms with E-state index in [0.29, 0.717) is 16.6 Å². The van der Waals surface area contributed by atoms with Crippen LogP contribution in [0.5, 0.6) is 5.75 Å². The molecule has 0 heterocycles. The summed E-state index contributed by atoms with van der Waals surface area (Å²) in [6, 6.07) is 5.15. The number of halogens is 1. The first-order valence-corrected chi connectivity index (χ1v) is 7.36. The molecule has 1 fully saturated rings. The van der Waals surface area contributed by atoms with Gasteiger partial charge in [0.15, 0.2) is 5.75 Å². The number of rotatable bonds is 3. The predicted molar refractivity (Wildman–Crippen MR) is 79.1 cm³/mol. The van der Waals surface area contributed by atoms with Crippen molar-refractivity contribution in [2.45, 2.75) is 44.1 Å². The fraction of sp³-hybridized carbons (Fsp3) is 0.500. The zero-order chi connectivity index (χ0) is 13.9. The molecular weight excluding hydrogens is 308 g/mol. The highest BCUT2D eigenvalue weighted by atomic mass is 79.9. The molecule has 5 heteroatoms. The molecule has 1 aliphatic carbocycles. The van der Waals surface area contributed by atoms with Crippen LogP contribution in [0.1, 0.15) is 38.5 Å². The van der Waals surface area contributed by atoms with Crippen LogP contribution in [0.4, 0.5) is 5.69 Å². The molecule has 2 rings (SSSR count). The number of para-hydroxylation sites is 1. The van der Waals surface area contributed by atoms with Crippen molar-refractivity contribution in [3.8, 4) is 5.75 Å². The van der Waals surface area contributed by atoms with E-state index >= 15 is 0 Å². The molecule has 0 spiro atoms. The first-order valence-electron chi connectivity index (χ1n) is 6.56. The maximum Gasteiger partial charge on any atom is 0.226 e. The van der Waals surface area contributed by atoms with Crippen LogP contribution in [0, 0.1) is 0 Å². The number of hydrogen-bond acceptors (Lipinski definition) is 3. The van der Waals surface area contributed by atoms with Gasteiger partial charge in [0.25, 0.3) is 0 Å². The number of phenolic OH excluding ortho intramolecular Hbond substituents is 1. The van der Waals surface area contributed by atoms with Gasteiger partial charge >= 0.3 is 0 Å². The summed E-state index contributed by atoms with van der Waals surface area (Å²) < 4.78 is 0.561. The van der Waals surface area contributed by atoms with Crippen molar-refractivity contribution in [1.82, 2.24) is 0 Å². The third-order valence-corrected chi connectivity index (χ3v) is 4.26. The summed E-state index contributed by atoms with van der Waals surface area (Å²) in [6.07, 6.45) is 5.47. The number of hydrogen-bond donors (Lipinski definition) is 3. The largest absolute Gasteiger partial charge is 0.505 e. The molecule has 104 valence electrons. The molecule has 1 aromatic rings. The van der Waals surface area contributed by atoms with E-state index in [0.717, 1.165) is 25.7 Å². The summed E-state index contributed by atoms with van der Waals surface area (Å²) in [5.41, 5.74) is 6.28. The standard InChI is InChI=1S/C14H19BrN2O2/c15-10-5-4-6-11(13(10)19)17-12(18)9-14(16)7-2-1-3-8-14/h4-6,19H,1-3,7-9,16H2,(H,17,18). The van der Waals surface area contributed by atoms with Crippen molar-refractivity contribution in [2.75, 3.05) is 5.32 Å².